The van der Waals surface area contributed by atoms with Crippen molar-refractivity contribution in [1.82, 2.24) is 0 Å². The van der Waals surface area contributed by atoms with Gasteiger partial charge in [-0.2, -0.15) is 5.26 Å². The fourth-order valence-corrected chi connectivity index (χ4v) is 2.34. The zero-order valence-electron chi connectivity index (χ0n) is 8.90. The molecule has 0 aromatic rings. The van der Waals surface area contributed by atoms with Crippen LogP contribution in [0.4, 0.5) is 0 Å². The van der Waals surface area contributed by atoms with E-state index in [9.17, 15) is 0 Å². The fourth-order valence-electron chi connectivity index (χ4n) is 2.34. The summed E-state index contributed by atoms with van der Waals surface area (Å²) in [6.45, 7) is 4.16. The SMILES string of the molecule is CC1CCCC(C(C)CC#N)/C1=N/O. The molecule has 0 amide bonds. The van der Waals surface area contributed by atoms with Gasteiger partial charge in [-0.1, -0.05) is 25.4 Å². The third kappa shape index (κ3) is 2.25. The van der Waals surface area contributed by atoms with Crippen LogP contribution in [-0.2, 0) is 0 Å². The van der Waals surface area contributed by atoms with Crippen LogP contribution in [0.25, 0.3) is 0 Å². The van der Waals surface area contributed by atoms with Crippen LogP contribution < -0.4 is 0 Å². The van der Waals surface area contributed by atoms with Crippen LogP contribution in [0.15, 0.2) is 5.16 Å². The van der Waals surface area contributed by atoms with Gasteiger partial charge < -0.3 is 5.21 Å². The second kappa shape index (κ2) is 4.99. The van der Waals surface area contributed by atoms with Gasteiger partial charge in [-0.25, -0.2) is 0 Å². The average Bonchev–Trinajstić information content (AvgIpc) is 2.17. The van der Waals surface area contributed by atoms with Gasteiger partial charge in [-0.3, -0.25) is 0 Å². The first-order valence-corrected chi connectivity index (χ1v) is 5.29. The van der Waals surface area contributed by atoms with Gasteiger partial charge >= 0.3 is 0 Å². The van der Waals surface area contributed by atoms with Crippen molar-refractivity contribution >= 4 is 5.71 Å². The largest absolute Gasteiger partial charge is 0.411 e. The first kappa shape index (κ1) is 11.0. The van der Waals surface area contributed by atoms with Gasteiger partial charge in [0.05, 0.1) is 11.8 Å². The van der Waals surface area contributed by atoms with E-state index >= 15 is 0 Å². The van der Waals surface area contributed by atoms with Crippen molar-refractivity contribution in [3.8, 4) is 6.07 Å². The molecule has 0 bridgehead atoms. The number of oxime groups is 1. The molecule has 1 fully saturated rings. The number of hydrogen-bond donors (Lipinski definition) is 1. The molecule has 3 atom stereocenters. The van der Waals surface area contributed by atoms with Crippen molar-refractivity contribution in [3.05, 3.63) is 0 Å². The Morgan fingerprint density at radius 2 is 2.36 bits per heavy atom. The minimum atomic E-state index is 0.309. The van der Waals surface area contributed by atoms with Crippen molar-refractivity contribution in [2.45, 2.75) is 39.5 Å². The smallest absolute Gasteiger partial charge is 0.0632 e. The number of nitriles is 1. The summed E-state index contributed by atoms with van der Waals surface area (Å²) in [6, 6.07) is 2.19. The molecule has 0 aliphatic heterocycles. The average molecular weight is 194 g/mol. The molecule has 0 aromatic heterocycles. The Bertz CT molecular complexity index is 255. The van der Waals surface area contributed by atoms with E-state index in [-0.39, 0.29) is 0 Å². The molecule has 78 valence electrons. The van der Waals surface area contributed by atoms with E-state index in [1.165, 1.54) is 6.42 Å². The van der Waals surface area contributed by atoms with E-state index in [2.05, 4.69) is 25.1 Å². The van der Waals surface area contributed by atoms with Crippen LogP contribution in [0.3, 0.4) is 0 Å². The summed E-state index contributed by atoms with van der Waals surface area (Å²) in [5, 5.41) is 21.0. The second-order valence-corrected chi connectivity index (χ2v) is 4.30. The Balaban J connectivity index is 2.71. The monoisotopic (exact) mass is 194 g/mol. The topological polar surface area (TPSA) is 56.4 Å². The van der Waals surface area contributed by atoms with Gasteiger partial charge in [0.25, 0.3) is 0 Å². The lowest BCUT2D eigenvalue weighted by Crippen LogP contribution is -2.31. The molecule has 1 rings (SSSR count). The molecule has 3 nitrogen and oxygen atoms in total. The molecule has 1 saturated carbocycles. The van der Waals surface area contributed by atoms with Gasteiger partial charge in [0, 0.05) is 12.3 Å². The molecule has 1 N–H and O–H groups in total. The summed E-state index contributed by atoms with van der Waals surface area (Å²) in [7, 11) is 0. The summed E-state index contributed by atoms with van der Waals surface area (Å²) in [4.78, 5) is 0. The van der Waals surface area contributed by atoms with Crippen molar-refractivity contribution in [2.24, 2.45) is 22.9 Å². The van der Waals surface area contributed by atoms with Crippen molar-refractivity contribution in [3.63, 3.8) is 0 Å². The Hall–Kier alpha value is -1.04. The molecular formula is C11H18N2O. The lowest BCUT2D eigenvalue weighted by Gasteiger charge is -2.31. The van der Waals surface area contributed by atoms with Crippen LogP contribution in [0, 0.1) is 29.1 Å². The van der Waals surface area contributed by atoms with E-state index in [1.54, 1.807) is 0 Å². The molecule has 3 heteroatoms. The van der Waals surface area contributed by atoms with Crippen LogP contribution in [-0.4, -0.2) is 10.9 Å². The minimum absolute atomic E-state index is 0.309. The van der Waals surface area contributed by atoms with Gasteiger partial charge in [0.15, 0.2) is 0 Å². The van der Waals surface area contributed by atoms with Gasteiger partial charge in [0.1, 0.15) is 0 Å². The summed E-state index contributed by atoms with van der Waals surface area (Å²) in [6.07, 6.45) is 3.90. The van der Waals surface area contributed by atoms with Crippen molar-refractivity contribution in [1.29, 1.82) is 5.26 Å². The Morgan fingerprint density at radius 1 is 1.64 bits per heavy atom. The highest BCUT2D eigenvalue weighted by atomic mass is 16.4. The first-order valence-electron chi connectivity index (χ1n) is 5.29. The highest BCUT2D eigenvalue weighted by molar-refractivity contribution is 5.89. The number of nitrogens with zero attached hydrogens (tertiary/aromatic N) is 2. The second-order valence-electron chi connectivity index (χ2n) is 4.30. The lowest BCUT2D eigenvalue weighted by molar-refractivity contribution is 0.289. The van der Waals surface area contributed by atoms with Crippen LogP contribution in [0.2, 0.25) is 0 Å². The molecule has 0 radical (unpaired) electrons. The predicted octanol–water partition coefficient (Wildman–Crippen LogP) is 2.80. The highest BCUT2D eigenvalue weighted by Crippen LogP contribution is 2.32. The fraction of sp³-hybridized carbons (Fsp3) is 0.818. The molecule has 0 spiro atoms. The summed E-state index contributed by atoms with van der Waals surface area (Å²) < 4.78 is 0. The molecular weight excluding hydrogens is 176 g/mol. The van der Waals surface area contributed by atoms with Crippen LogP contribution in [0.1, 0.15) is 39.5 Å². The zero-order valence-corrected chi connectivity index (χ0v) is 8.90. The summed E-state index contributed by atoms with van der Waals surface area (Å²) >= 11 is 0. The summed E-state index contributed by atoms with van der Waals surface area (Å²) in [5.74, 6) is 0.997. The highest BCUT2D eigenvalue weighted by Gasteiger charge is 2.30. The molecule has 1 aliphatic rings. The Labute approximate surface area is 85.4 Å². The van der Waals surface area contributed by atoms with E-state index in [1.807, 2.05) is 0 Å². The number of hydrogen-bond acceptors (Lipinski definition) is 3. The zero-order chi connectivity index (χ0) is 10.6. The lowest BCUT2D eigenvalue weighted by atomic mass is 9.74. The molecule has 1 aliphatic carbocycles. The molecule has 3 unspecified atom stereocenters. The third-order valence-electron chi connectivity index (χ3n) is 3.25. The van der Waals surface area contributed by atoms with E-state index in [0.29, 0.717) is 24.2 Å². The quantitative estimate of drug-likeness (QED) is 0.542. The maximum Gasteiger partial charge on any atom is 0.0632 e. The minimum Gasteiger partial charge on any atom is -0.411 e. The molecule has 0 aromatic carbocycles. The van der Waals surface area contributed by atoms with Gasteiger partial charge in [0.2, 0.25) is 0 Å². The molecule has 14 heavy (non-hydrogen) atoms. The van der Waals surface area contributed by atoms with Gasteiger partial charge in [-0.05, 0) is 24.7 Å². The molecule has 0 heterocycles. The van der Waals surface area contributed by atoms with Crippen molar-refractivity contribution in [2.75, 3.05) is 0 Å². The van der Waals surface area contributed by atoms with Crippen LogP contribution >= 0.6 is 0 Å². The van der Waals surface area contributed by atoms with Crippen molar-refractivity contribution < 1.29 is 5.21 Å². The Kier molecular flexibility index (Phi) is 3.94. The maximum atomic E-state index is 8.95. The van der Waals surface area contributed by atoms with Crippen LogP contribution in [0.5, 0.6) is 0 Å². The maximum absolute atomic E-state index is 8.95. The summed E-state index contributed by atoms with van der Waals surface area (Å²) in [5.41, 5.74) is 0.902. The first-order chi connectivity index (χ1) is 6.70. The van der Waals surface area contributed by atoms with E-state index < -0.39 is 0 Å². The third-order valence-corrected chi connectivity index (χ3v) is 3.25. The molecule has 0 saturated heterocycles. The van der Waals surface area contributed by atoms with E-state index in [4.69, 9.17) is 10.5 Å². The van der Waals surface area contributed by atoms with Gasteiger partial charge in [-0.15, -0.1) is 0 Å². The predicted molar refractivity (Wildman–Crippen MR) is 55.1 cm³/mol. The standard InChI is InChI=1S/C11H18N2O/c1-8(6-7-12)10-5-3-4-9(2)11(10)13-14/h8-10,14H,3-6H2,1-2H3/b13-11+. The number of rotatable bonds is 2. The normalized spacial score (nSPS) is 32.5. The van der Waals surface area contributed by atoms with E-state index in [0.717, 1.165) is 18.6 Å². The Morgan fingerprint density at radius 3 is 2.93 bits per heavy atom.